The molecular weight excluding hydrogens is 384 g/mol. The van der Waals surface area contributed by atoms with Gasteiger partial charge in [-0.05, 0) is 48.8 Å². The molecule has 1 aliphatic carbocycles. The van der Waals surface area contributed by atoms with E-state index >= 15 is 0 Å². The van der Waals surface area contributed by atoms with Crippen LogP contribution in [0, 0.1) is 24.2 Å². The Morgan fingerprint density at radius 2 is 2.00 bits per heavy atom. The smallest absolute Gasteiger partial charge is 0.228 e. The predicted molar refractivity (Wildman–Crippen MR) is 124 cm³/mol. The van der Waals surface area contributed by atoms with Crippen LogP contribution >= 0.6 is 0 Å². The number of likely N-dealkylation sites (tertiary alicyclic amines) is 1. The summed E-state index contributed by atoms with van der Waals surface area (Å²) in [6.45, 7) is 9.52. The van der Waals surface area contributed by atoms with Gasteiger partial charge in [-0.2, -0.15) is 0 Å². The minimum Gasteiger partial charge on any atom is -0.352 e. The molecule has 2 aromatic rings. The lowest BCUT2D eigenvalue weighted by Crippen LogP contribution is -2.45. The lowest BCUT2D eigenvalue weighted by molar-refractivity contribution is -0.134. The molecule has 2 aromatic carbocycles. The predicted octanol–water partition coefficient (Wildman–Crippen LogP) is 4.38. The summed E-state index contributed by atoms with van der Waals surface area (Å²) in [5, 5.41) is 3.02. The number of amides is 2. The van der Waals surface area contributed by atoms with Gasteiger partial charge < -0.3 is 10.2 Å². The number of hydrogen-bond acceptors (Lipinski definition) is 2. The number of nitrogens with one attached hydrogen (secondary N) is 1. The molecule has 162 valence electrons. The standard InChI is InChI=1S/C27H32N2O2/c1-4-13-28-26(31)27(12-14-29(18-27)25(30)24-16-20(24)3)17-22-9-5-6-11-23(22)21-10-7-8-19(2)15-21/h4-11,15,20,24H,1,12-14,16-18H2,2-3H3,(H,28,31)/t20-,24+,27+/m1/s1. The van der Waals surface area contributed by atoms with Crippen molar-refractivity contribution in [2.45, 2.75) is 33.1 Å². The van der Waals surface area contributed by atoms with Crippen LogP contribution in [0.1, 0.15) is 30.9 Å². The minimum absolute atomic E-state index is 0.0191. The van der Waals surface area contributed by atoms with E-state index in [1.54, 1.807) is 6.08 Å². The van der Waals surface area contributed by atoms with E-state index in [2.05, 4.69) is 62.1 Å². The van der Waals surface area contributed by atoms with Crippen molar-refractivity contribution in [2.75, 3.05) is 19.6 Å². The second-order valence-electron chi connectivity index (χ2n) is 9.31. The fraction of sp³-hybridized carbons (Fsp3) is 0.407. The number of hydrogen-bond donors (Lipinski definition) is 1. The van der Waals surface area contributed by atoms with Crippen LogP contribution in [0.2, 0.25) is 0 Å². The molecule has 1 aliphatic heterocycles. The van der Waals surface area contributed by atoms with Crippen LogP contribution in [0.15, 0.2) is 61.2 Å². The number of benzene rings is 2. The highest BCUT2D eigenvalue weighted by Gasteiger charge is 2.49. The van der Waals surface area contributed by atoms with Gasteiger partial charge in [-0.15, -0.1) is 6.58 Å². The van der Waals surface area contributed by atoms with Crippen LogP contribution in [0.25, 0.3) is 11.1 Å². The Kier molecular flexibility index (Phi) is 5.99. The van der Waals surface area contributed by atoms with E-state index in [0.717, 1.165) is 23.1 Å². The van der Waals surface area contributed by atoms with Gasteiger partial charge >= 0.3 is 0 Å². The molecule has 4 nitrogen and oxygen atoms in total. The fourth-order valence-electron chi connectivity index (χ4n) is 4.86. The zero-order chi connectivity index (χ0) is 22.0. The van der Waals surface area contributed by atoms with Crippen molar-refractivity contribution in [2.24, 2.45) is 17.3 Å². The summed E-state index contributed by atoms with van der Waals surface area (Å²) in [6.07, 6.45) is 3.98. The highest BCUT2D eigenvalue weighted by molar-refractivity contribution is 5.87. The zero-order valence-corrected chi connectivity index (χ0v) is 18.6. The molecule has 0 aromatic heterocycles. The summed E-state index contributed by atoms with van der Waals surface area (Å²) in [7, 11) is 0. The minimum atomic E-state index is -0.614. The van der Waals surface area contributed by atoms with Gasteiger partial charge in [-0.3, -0.25) is 9.59 Å². The van der Waals surface area contributed by atoms with Crippen LogP contribution < -0.4 is 5.32 Å². The third-order valence-electron chi connectivity index (χ3n) is 6.86. The van der Waals surface area contributed by atoms with Gasteiger partial charge in [0, 0.05) is 25.6 Å². The summed E-state index contributed by atoms with van der Waals surface area (Å²) in [4.78, 5) is 28.2. The topological polar surface area (TPSA) is 49.4 Å². The first-order valence-corrected chi connectivity index (χ1v) is 11.3. The van der Waals surface area contributed by atoms with Crippen LogP contribution in [-0.4, -0.2) is 36.3 Å². The molecule has 1 heterocycles. The molecule has 4 heteroatoms. The van der Waals surface area contributed by atoms with Gasteiger partial charge in [0.05, 0.1) is 5.41 Å². The number of nitrogens with zero attached hydrogens (tertiary/aromatic N) is 1. The molecular formula is C27H32N2O2. The number of carbonyl (C=O) groups excluding carboxylic acids is 2. The Labute approximate surface area is 185 Å². The van der Waals surface area contributed by atoms with Gasteiger partial charge in [0.2, 0.25) is 11.8 Å². The zero-order valence-electron chi connectivity index (χ0n) is 18.6. The van der Waals surface area contributed by atoms with Crippen molar-refractivity contribution in [3.63, 3.8) is 0 Å². The molecule has 1 N–H and O–H groups in total. The lowest BCUT2D eigenvalue weighted by atomic mass is 9.78. The maximum Gasteiger partial charge on any atom is 0.228 e. The number of carbonyl (C=O) groups is 2. The normalized spacial score (nSPS) is 24.6. The van der Waals surface area contributed by atoms with Gasteiger partial charge in [0.25, 0.3) is 0 Å². The monoisotopic (exact) mass is 416 g/mol. The Hall–Kier alpha value is -2.88. The van der Waals surface area contributed by atoms with Crippen molar-refractivity contribution in [3.05, 3.63) is 72.3 Å². The Bertz CT molecular complexity index is 998. The first-order valence-electron chi connectivity index (χ1n) is 11.3. The average Bonchev–Trinajstić information content (AvgIpc) is 3.34. The lowest BCUT2D eigenvalue weighted by Gasteiger charge is -2.29. The molecule has 4 rings (SSSR count). The first-order chi connectivity index (χ1) is 14.9. The van der Waals surface area contributed by atoms with E-state index in [0.29, 0.717) is 38.4 Å². The summed E-state index contributed by atoms with van der Waals surface area (Å²) >= 11 is 0. The van der Waals surface area contributed by atoms with Crippen molar-refractivity contribution in [1.82, 2.24) is 10.2 Å². The van der Waals surface area contributed by atoms with Gasteiger partial charge in [-0.1, -0.05) is 67.1 Å². The van der Waals surface area contributed by atoms with Crippen molar-refractivity contribution >= 4 is 11.8 Å². The second kappa shape index (κ2) is 8.70. The Balaban J connectivity index is 1.64. The maximum atomic E-state index is 13.4. The third kappa shape index (κ3) is 4.43. The van der Waals surface area contributed by atoms with E-state index in [9.17, 15) is 9.59 Å². The van der Waals surface area contributed by atoms with E-state index in [-0.39, 0.29) is 17.7 Å². The van der Waals surface area contributed by atoms with Crippen LogP contribution in [-0.2, 0) is 16.0 Å². The van der Waals surface area contributed by atoms with Crippen molar-refractivity contribution in [1.29, 1.82) is 0 Å². The largest absolute Gasteiger partial charge is 0.352 e. The van der Waals surface area contributed by atoms with Gasteiger partial charge in [0.1, 0.15) is 0 Å². The van der Waals surface area contributed by atoms with Crippen LogP contribution in [0.5, 0.6) is 0 Å². The average molecular weight is 417 g/mol. The van der Waals surface area contributed by atoms with Crippen molar-refractivity contribution in [3.8, 4) is 11.1 Å². The molecule has 1 saturated heterocycles. The summed E-state index contributed by atoms with van der Waals surface area (Å²) in [5.41, 5.74) is 4.06. The summed E-state index contributed by atoms with van der Waals surface area (Å²) in [5.74, 6) is 0.856. The molecule has 31 heavy (non-hydrogen) atoms. The van der Waals surface area contributed by atoms with E-state index in [1.165, 1.54) is 5.56 Å². The Morgan fingerprint density at radius 3 is 2.71 bits per heavy atom. The van der Waals surface area contributed by atoms with Crippen molar-refractivity contribution < 1.29 is 9.59 Å². The molecule has 1 saturated carbocycles. The van der Waals surface area contributed by atoms with Crippen LogP contribution in [0.3, 0.4) is 0 Å². The van der Waals surface area contributed by atoms with Gasteiger partial charge in [0.15, 0.2) is 0 Å². The number of aryl methyl sites for hydroxylation is 1. The van der Waals surface area contributed by atoms with E-state index in [1.807, 2.05) is 17.0 Å². The molecule has 2 aliphatic rings. The quantitative estimate of drug-likeness (QED) is 0.681. The first kappa shape index (κ1) is 21.4. The molecule has 2 fully saturated rings. The highest BCUT2D eigenvalue weighted by atomic mass is 16.2. The number of rotatable bonds is 7. The van der Waals surface area contributed by atoms with E-state index < -0.39 is 5.41 Å². The van der Waals surface area contributed by atoms with Gasteiger partial charge in [-0.25, -0.2) is 0 Å². The molecule has 0 bridgehead atoms. The molecule has 0 radical (unpaired) electrons. The van der Waals surface area contributed by atoms with E-state index in [4.69, 9.17) is 0 Å². The third-order valence-corrected chi connectivity index (χ3v) is 6.86. The highest BCUT2D eigenvalue weighted by Crippen LogP contribution is 2.43. The second-order valence-corrected chi connectivity index (χ2v) is 9.31. The Morgan fingerprint density at radius 1 is 1.23 bits per heavy atom. The summed E-state index contributed by atoms with van der Waals surface area (Å²) < 4.78 is 0. The molecule has 2 amide bonds. The maximum absolute atomic E-state index is 13.4. The van der Waals surface area contributed by atoms with Crippen LogP contribution in [0.4, 0.5) is 0 Å². The molecule has 0 spiro atoms. The molecule has 0 unspecified atom stereocenters. The summed E-state index contributed by atoms with van der Waals surface area (Å²) in [6, 6.07) is 16.8. The molecule has 3 atom stereocenters. The SMILES string of the molecule is C=CCNC(=O)[C@]1(Cc2ccccc2-c2cccc(C)c2)CCN(C(=O)[C@H]2C[C@H]2C)C1. The fourth-order valence-corrected chi connectivity index (χ4v) is 4.86.